The third-order valence-electron chi connectivity index (χ3n) is 2.82. The zero-order valence-electron chi connectivity index (χ0n) is 11.4. The number of hydrogen-bond donors (Lipinski definition) is 2. The van der Waals surface area contributed by atoms with Gasteiger partial charge in [-0.25, -0.2) is 13.4 Å². The fraction of sp³-hybridized carbons (Fsp3) is 0.214. The number of hydrogen-bond acceptors (Lipinski definition) is 4. The molecular formula is C14H17N3O2S. The smallest absolute Gasteiger partial charge is 0.263 e. The number of aromatic nitrogens is 1. The van der Waals surface area contributed by atoms with Gasteiger partial charge >= 0.3 is 0 Å². The molecule has 0 aliphatic heterocycles. The van der Waals surface area contributed by atoms with Crippen molar-refractivity contribution in [2.75, 3.05) is 4.72 Å². The molecule has 0 unspecified atom stereocenters. The molecule has 0 fully saturated rings. The van der Waals surface area contributed by atoms with Crippen molar-refractivity contribution in [3.8, 4) is 0 Å². The number of rotatable bonds is 4. The molecular weight excluding hydrogens is 274 g/mol. The topological polar surface area (TPSA) is 85.1 Å². The molecule has 0 saturated heterocycles. The first-order valence-corrected chi connectivity index (χ1v) is 7.67. The number of nitrogens with two attached hydrogens (primary N) is 1. The predicted molar refractivity (Wildman–Crippen MR) is 78.9 cm³/mol. The number of benzene rings is 1. The number of aryl methyl sites for hydroxylation is 2. The van der Waals surface area contributed by atoms with Crippen molar-refractivity contribution in [3.05, 3.63) is 53.2 Å². The quantitative estimate of drug-likeness (QED) is 0.901. The summed E-state index contributed by atoms with van der Waals surface area (Å²) in [6.07, 6.45) is 0. The lowest BCUT2D eigenvalue weighted by atomic mass is 10.2. The Bertz CT molecular complexity index is 707. The Kier molecular flexibility index (Phi) is 4.06. The third-order valence-corrected chi connectivity index (χ3v) is 4.27. The van der Waals surface area contributed by atoms with Gasteiger partial charge in [0.15, 0.2) is 0 Å². The third kappa shape index (κ3) is 3.15. The maximum atomic E-state index is 12.4. The van der Waals surface area contributed by atoms with E-state index in [1.165, 1.54) is 6.07 Å². The molecule has 0 amide bonds. The second kappa shape index (κ2) is 5.60. The molecule has 20 heavy (non-hydrogen) atoms. The fourth-order valence-electron chi connectivity index (χ4n) is 2.02. The van der Waals surface area contributed by atoms with Crippen molar-refractivity contribution in [1.82, 2.24) is 4.98 Å². The second-order valence-electron chi connectivity index (χ2n) is 4.59. The van der Waals surface area contributed by atoms with E-state index in [9.17, 15) is 8.42 Å². The summed E-state index contributed by atoms with van der Waals surface area (Å²) in [6.45, 7) is 3.87. The summed E-state index contributed by atoms with van der Waals surface area (Å²) in [4.78, 5) is 4.36. The van der Waals surface area contributed by atoms with Crippen LogP contribution in [-0.4, -0.2) is 13.4 Å². The van der Waals surface area contributed by atoms with E-state index >= 15 is 0 Å². The lowest BCUT2D eigenvalue weighted by molar-refractivity contribution is 0.600. The van der Waals surface area contributed by atoms with Gasteiger partial charge in [0.1, 0.15) is 5.82 Å². The summed E-state index contributed by atoms with van der Waals surface area (Å²) in [7, 11) is -3.68. The lowest BCUT2D eigenvalue weighted by Gasteiger charge is -2.11. The molecule has 2 rings (SSSR count). The Hall–Kier alpha value is -1.92. The van der Waals surface area contributed by atoms with E-state index in [0.29, 0.717) is 11.4 Å². The number of nitrogens with zero attached hydrogens (tertiary/aromatic N) is 1. The van der Waals surface area contributed by atoms with Gasteiger partial charge in [-0.3, -0.25) is 4.72 Å². The highest BCUT2D eigenvalue weighted by molar-refractivity contribution is 7.92. The normalized spacial score (nSPS) is 11.3. The van der Waals surface area contributed by atoms with Crippen molar-refractivity contribution >= 4 is 15.8 Å². The average molecular weight is 291 g/mol. The minimum Gasteiger partial charge on any atom is -0.326 e. The van der Waals surface area contributed by atoms with Crippen LogP contribution >= 0.6 is 0 Å². The average Bonchev–Trinajstić information content (AvgIpc) is 2.36. The van der Waals surface area contributed by atoms with Crippen molar-refractivity contribution in [2.45, 2.75) is 25.3 Å². The molecule has 1 aromatic heterocycles. The summed E-state index contributed by atoms with van der Waals surface area (Å²) >= 11 is 0. The summed E-state index contributed by atoms with van der Waals surface area (Å²) in [6, 6.07) is 10.2. The van der Waals surface area contributed by atoms with E-state index in [0.717, 1.165) is 11.3 Å². The van der Waals surface area contributed by atoms with Crippen molar-refractivity contribution in [2.24, 2.45) is 5.73 Å². The van der Waals surface area contributed by atoms with Crippen LogP contribution in [0.2, 0.25) is 0 Å². The Morgan fingerprint density at radius 3 is 2.55 bits per heavy atom. The van der Waals surface area contributed by atoms with Crippen LogP contribution in [0.25, 0.3) is 0 Å². The molecule has 0 radical (unpaired) electrons. The number of pyridine rings is 1. The Morgan fingerprint density at radius 2 is 1.90 bits per heavy atom. The molecule has 0 aliphatic rings. The zero-order chi connectivity index (χ0) is 14.8. The minimum atomic E-state index is -3.68. The maximum Gasteiger partial charge on any atom is 0.263 e. The summed E-state index contributed by atoms with van der Waals surface area (Å²) in [5.41, 5.74) is 7.86. The Morgan fingerprint density at radius 1 is 1.20 bits per heavy atom. The molecule has 0 saturated carbocycles. The zero-order valence-corrected chi connectivity index (χ0v) is 12.2. The Labute approximate surface area is 118 Å². The molecule has 0 spiro atoms. The standard InChI is InChI=1S/C14H17N3O2S/c1-10-7-11(2)16-14(8-10)17-20(18,19)13-6-4-3-5-12(13)9-15/h3-8H,9,15H2,1-2H3,(H,16,17). The van der Waals surface area contributed by atoms with E-state index in [-0.39, 0.29) is 11.4 Å². The highest BCUT2D eigenvalue weighted by Crippen LogP contribution is 2.19. The van der Waals surface area contributed by atoms with Gasteiger partial charge in [0.25, 0.3) is 10.0 Å². The largest absolute Gasteiger partial charge is 0.326 e. The first-order chi connectivity index (χ1) is 9.42. The van der Waals surface area contributed by atoms with Crippen LogP contribution in [0.3, 0.4) is 0 Å². The van der Waals surface area contributed by atoms with Crippen LogP contribution in [0.4, 0.5) is 5.82 Å². The lowest BCUT2D eigenvalue weighted by Crippen LogP contribution is -2.17. The van der Waals surface area contributed by atoms with Gasteiger partial charge in [0.05, 0.1) is 4.90 Å². The first-order valence-electron chi connectivity index (χ1n) is 6.18. The number of nitrogens with one attached hydrogen (secondary N) is 1. The van der Waals surface area contributed by atoms with Gasteiger partial charge in [-0.15, -0.1) is 0 Å². The fourth-order valence-corrected chi connectivity index (χ4v) is 3.27. The van der Waals surface area contributed by atoms with E-state index in [2.05, 4.69) is 9.71 Å². The van der Waals surface area contributed by atoms with Gasteiger partial charge < -0.3 is 5.73 Å². The molecule has 0 bridgehead atoms. The van der Waals surface area contributed by atoms with Gasteiger partial charge in [0.2, 0.25) is 0 Å². The van der Waals surface area contributed by atoms with Crippen LogP contribution in [0.5, 0.6) is 0 Å². The molecule has 1 aromatic carbocycles. The first kappa shape index (κ1) is 14.5. The monoisotopic (exact) mass is 291 g/mol. The Balaban J connectivity index is 2.41. The van der Waals surface area contributed by atoms with Crippen molar-refractivity contribution in [3.63, 3.8) is 0 Å². The van der Waals surface area contributed by atoms with Crippen molar-refractivity contribution < 1.29 is 8.42 Å². The van der Waals surface area contributed by atoms with E-state index in [4.69, 9.17) is 5.73 Å². The number of anilines is 1. The molecule has 3 N–H and O–H groups in total. The highest BCUT2D eigenvalue weighted by atomic mass is 32.2. The van der Waals surface area contributed by atoms with Crippen LogP contribution in [0, 0.1) is 13.8 Å². The SMILES string of the molecule is Cc1cc(C)nc(NS(=O)(=O)c2ccccc2CN)c1. The van der Waals surface area contributed by atoms with Crippen LogP contribution < -0.4 is 10.5 Å². The molecule has 2 aromatic rings. The summed E-state index contributed by atoms with van der Waals surface area (Å²) in [5.74, 6) is 0.314. The van der Waals surface area contributed by atoms with Gasteiger partial charge in [-0.1, -0.05) is 18.2 Å². The number of sulfonamides is 1. The van der Waals surface area contributed by atoms with Gasteiger partial charge in [-0.05, 0) is 43.2 Å². The van der Waals surface area contributed by atoms with Crippen LogP contribution in [0.15, 0.2) is 41.3 Å². The highest BCUT2D eigenvalue weighted by Gasteiger charge is 2.18. The van der Waals surface area contributed by atoms with E-state index < -0.39 is 10.0 Å². The maximum absolute atomic E-state index is 12.4. The van der Waals surface area contributed by atoms with Gasteiger partial charge in [-0.2, -0.15) is 0 Å². The molecule has 6 heteroatoms. The molecule has 5 nitrogen and oxygen atoms in total. The summed E-state index contributed by atoms with van der Waals surface area (Å²) in [5, 5.41) is 0. The van der Waals surface area contributed by atoms with Crippen molar-refractivity contribution in [1.29, 1.82) is 0 Å². The molecule has 0 atom stereocenters. The van der Waals surface area contributed by atoms with Crippen LogP contribution in [-0.2, 0) is 16.6 Å². The second-order valence-corrected chi connectivity index (χ2v) is 6.24. The molecule has 106 valence electrons. The van der Waals surface area contributed by atoms with E-state index in [1.807, 2.05) is 19.9 Å². The predicted octanol–water partition coefficient (Wildman–Crippen LogP) is 1.96. The van der Waals surface area contributed by atoms with Crippen LogP contribution in [0.1, 0.15) is 16.8 Å². The minimum absolute atomic E-state index is 0.164. The molecule has 1 heterocycles. The molecule has 0 aliphatic carbocycles. The van der Waals surface area contributed by atoms with E-state index in [1.54, 1.807) is 24.3 Å². The summed E-state index contributed by atoms with van der Waals surface area (Å²) < 4.78 is 27.3. The van der Waals surface area contributed by atoms with Gasteiger partial charge in [0, 0.05) is 12.2 Å².